The van der Waals surface area contributed by atoms with Crippen molar-refractivity contribution in [2.45, 2.75) is 13.8 Å². The minimum atomic E-state index is -0.701. The molecule has 0 unspecified atom stereocenters. The van der Waals surface area contributed by atoms with Gasteiger partial charge in [-0.05, 0) is 13.8 Å². The van der Waals surface area contributed by atoms with Crippen molar-refractivity contribution in [1.29, 1.82) is 0 Å². The van der Waals surface area contributed by atoms with Crippen molar-refractivity contribution in [3.63, 3.8) is 0 Å². The highest BCUT2D eigenvalue weighted by Crippen LogP contribution is 1.88. The number of hydrogen-bond acceptors (Lipinski definition) is 3. The topological polar surface area (TPSA) is 81.4 Å². The van der Waals surface area contributed by atoms with E-state index >= 15 is 0 Å². The number of amides is 2. The average molecular weight is 172 g/mol. The first-order valence-electron chi connectivity index (χ1n) is 3.47. The lowest BCUT2D eigenvalue weighted by Crippen LogP contribution is -2.28. The summed E-state index contributed by atoms with van der Waals surface area (Å²) in [5.41, 5.74) is 5.16. The average Bonchev–Trinajstić information content (AvgIpc) is 1.84. The maximum absolute atomic E-state index is 10.7. The molecule has 0 aliphatic rings. The largest absolute Gasteiger partial charge is 0.463 e. The van der Waals surface area contributed by atoms with Gasteiger partial charge in [0.2, 0.25) is 0 Å². The molecule has 0 aromatic carbocycles. The Hall–Kier alpha value is -1.52. The van der Waals surface area contributed by atoms with Crippen LogP contribution in [0.1, 0.15) is 13.8 Å². The van der Waals surface area contributed by atoms with Crippen molar-refractivity contribution in [2.75, 3.05) is 6.61 Å². The minimum Gasteiger partial charge on any atom is -0.463 e. The summed E-state index contributed by atoms with van der Waals surface area (Å²) in [6, 6.07) is -0.701. The molecule has 0 spiro atoms. The Kier molecular flexibility index (Phi) is 4.52. The van der Waals surface area contributed by atoms with Gasteiger partial charge in [0.1, 0.15) is 0 Å². The Morgan fingerprint density at radius 3 is 2.58 bits per heavy atom. The van der Waals surface area contributed by atoms with Crippen LogP contribution in [0.4, 0.5) is 4.79 Å². The van der Waals surface area contributed by atoms with Gasteiger partial charge in [-0.1, -0.05) is 0 Å². The Morgan fingerprint density at radius 1 is 1.58 bits per heavy atom. The number of carbonyl (C=O) groups excluding carboxylic acids is 2. The van der Waals surface area contributed by atoms with E-state index in [1.807, 2.05) is 0 Å². The monoisotopic (exact) mass is 172 g/mol. The van der Waals surface area contributed by atoms with E-state index < -0.39 is 12.0 Å². The highest BCUT2D eigenvalue weighted by atomic mass is 16.5. The molecule has 3 N–H and O–H groups in total. The summed E-state index contributed by atoms with van der Waals surface area (Å²) >= 11 is 0. The SMILES string of the molecule is CCOC(=O)C=C(C)NC(N)=O. The predicted octanol–water partition coefficient (Wildman–Crippen LogP) is 0.122. The fourth-order valence-electron chi connectivity index (χ4n) is 0.591. The van der Waals surface area contributed by atoms with Crippen molar-refractivity contribution in [2.24, 2.45) is 5.73 Å². The molecule has 0 fully saturated rings. The van der Waals surface area contributed by atoms with E-state index in [1.165, 1.54) is 0 Å². The molecule has 0 saturated heterocycles. The van der Waals surface area contributed by atoms with Crippen molar-refractivity contribution >= 4 is 12.0 Å². The zero-order valence-electron chi connectivity index (χ0n) is 7.09. The number of esters is 1. The van der Waals surface area contributed by atoms with Gasteiger partial charge in [0, 0.05) is 11.8 Å². The van der Waals surface area contributed by atoms with Crippen LogP contribution in [0, 0.1) is 0 Å². The van der Waals surface area contributed by atoms with Crippen molar-refractivity contribution < 1.29 is 14.3 Å². The second-order valence-electron chi connectivity index (χ2n) is 2.07. The fraction of sp³-hybridized carbons (Fsp3) is 0.429. The fourth-order valence-corrected chi connectivity index (χ4v) is 0.591. The third kappa shape index (κ3) is 5.28. The van der Waals surface area contributed by atoms with E-state index in [2.05, 4.69) is 10.1 Å². The van der Waals surface area contributed by atoms with Crippen LogP contribution in [0.15, 0.2) is 11.8 Å². The number of allylic oxidation sites excluding steroid dienone is 1. The number of rotatable bonds is 3. The molecule has 0 bridgehead atoms. The summed E-state index contributed by atoms with van der Waals surface area (Å²) in [5.74, 6) is -0.497. The van der Waals surface area contributed by atoms with Crippen molar-refractivity contribution in [1.82, 2.24) is 5.32 Å². The highest BCUT2D eigenvalue weighted by molar-refractivity contribution is 5.84. The van der Waals surface area contributed by atoms with Crippen LogP contribution in [0.2, 0.25) is 0 Å². The van der Waals surface area contributed by atoms with Crippen LogP contribution in [0.5, 0.6) is 0 Å². The van der Waals surface area contributed by atoms with E-state index in [0.29, 0.717) is 12.3 Å². The molecule has 0 aliphatic carbocycles. The van der Waals surface area contributed by atoms with E-state index in [0.717, 1.165) is 6.08 Å². The van der Waals surface area contributed by atoms with Crippen LogP contribution in [-0.4, -0.2) is 18.6 Å². The van der Waals surface area contributed by atoms with Gasteiger partial charge in [-0.15, -0.1) is 0 Å². The van der Waals surface area contributed by atoms with Gasteiger partial charge in [0.15, 0.2) is 0 Å². The lowest BCUT2D eigenvalue weighted by atomic mass is 10.4. The number of urea groups is 1. The Bertz CT molecular complexity index is 211. The molecule has 0 saturated carbocycles. The number of ether oxygens (including phenoxy) is 1. The molecule has 0 aromatic rings. The number of primary amides is 1. The van der Waals surface area contributed by atoms with E-state index in [1.54, 1.807) is 13.8 Å². The van der Waals surface area contributed by atoms with Gasteiger partial charge in [-0.2, -0.15) is 0 Å². The molecular weight excluding hydrogens is 160 g/mol. The highest BCUT2D eigenvalue weighted by Gasteiger charge is 1.98. The number of nitrogens with two attached hydrogens (primary N) is 1. The Morgan fingerprint density at radius 2 is 2.17 bits per heavy atom. The quantitative estimate of drug-likeness (QED) is 0.468. The van der Waals surface area contributed by atoms with Gasteiger partial charge in [-0.25, -0.2) is 9.59 Å². The molecule has 68 valence electrons. The summed E-state index contributed by atoms with van der Waals surface area (Å²) in [7, 11) is 0. The first-order chi connectivity index (χ1) is 5.56. The minimum absolute atomic E-state index is 0.305. The third-order valence-electron chi connectivity index (χ3n) is 0.941. The van der Waals surface area contributed by atoms with Gasteiger partial charge < -0.3 is 15.8 Å². The second-order valence-corrected chi connectivity index (χ2v) is 2.07. The number of nitrogens with one attached hydrogen (secondary N) is 1. The van der Waals surface area contributed by atoms with Crippen molar-refractivity contribution in [3.05, 3.63) is 11.8 Å². The Balaban J connectivity index is 3.97. The lowest BCUT2D eigenvalue weighted by Gasteiger charge is -2.00. The normalized spacial score (nSPS) is 10.7. The van der Waals surface area contributed by atoms with Gasteiger partial charge in [-0.3, -0.25) is 0 Å². The molecule has 0 heterocycles. The van der Waals surface area contributed by atoms with E-state index in [4.69, 9.17) is 5.73 Å². The van der Waals surface area contributed by atoms with Crippen LogP contribution >= 0.6 is 0 Å². The first-order valence-corrected chi connectivity index (χ1v) is 3.47. The molecule has 0 radical (unpaired) electrons. The number of hydrogen-bond donors (Lipinski definition) is 2. The van der Waals surface area contributed by atoms with Crippen LogP contribution < -0.4 is 11.1 Å². The van der Waals surface area contributed by atoms with Gasteiger partial charge in [0.05, 0.1) is 6.61 Å². The molecule has 0 aliphatic heterocycles. The molecule has 2 amide bonds. The second kappa shape index (κ2) is 5.17. The summed E-state index contributed by atoms with van der Waals surface area (Å²) < 4.78 is 4.59. The molecule has 0 rings (SSSR count). The molecule has 12 heavy (non-hydrogen) atoms. The third-order valence-corrected chi connectivity index (χ3v) is 0.941. The summed E-state index contributed by atoms with van der Waals surface area (Å²) in [4.78, 5) is 21.0. The summed E-state index contributed by atoms with van der Waals surface area (Å²) in [5, 5.41) is 2.23. The summed E-state index contributed by atoms with van der Waals surface area (Å²) in [6.07, 6.45) is 1.16. The van der Waals surface area contributed by atoms with Crippen molar-refractivity contribution in [3.8, 4) is 0 Å². The van der Waals surface area contributed by atoms with E-state index in [-0.39, 0.29) is 0 Å². The standard InChI is InChI=1S/C7H12N2O3/c1-3-12-6(10)4-5(2)9-7(8)11/h4H,3H2,1-2H3,(H3,8,9,11). The molecule has 0 atom stereocenters. The molecule has 5 nitrogen and oxygen atoms in total. The number of carbonyl (C=O) groups is 2. The van der Waals surface area contributed by atoms with E-state index in [9.17, 15) is 9.59 Å². The molecule has 0 aromatic heterocycles. The van der Waals surface area contributed by atoms with Gasteiger partial charge in [0.25, 0.3) is 0 Å². The molecule has 5 heteroatoms. The molecular formula is C7H12N2O3. The van der Waals surface area contributed by atoms with Crippen LogP contribution in [-0.2, 0) is 9.53 Å². The zero-order valence-corrected chi connectivity index (χ0v) is 7.09. The first kappa shape index (κ1) is 10.5. The predicted molar refractivity (Wildman–Crippen MR) is 43.1 cm³/mol. The van der Waals surface area contributed by atoms with Crippen LogP contribution in [0.25, 0.3) is 0 Å². The maximum atomic E-state index is 10.7. The maximum Gasteiger partial charge on any atom is 0.332 e. The lowest BCUT2D eigenvalue weighted by molar-refractivity contribution is -0.137. The smallest absolute Gasteiger partial charge is 0.332 e. The summed E-state index contributed by atoms with van der Waals surface area (Å²) in [6.45, 7) is 3.55. The van der Waals surface area contributed by atoms with Crippen LogP contribution in [0.3, 0.4) is 0 Å². The zero-order chi connectivity index (χ0) is 9.56. The van der Waals surface area contributed by atoms with Gasteiger partial charge >= 0.3 is 12.0 Å². The Labute approximate surface area is 70.6 Å².